The van der Waals surface area contributed by atoms with Gasteiger partial charge in [-0.25, -0.2) is 4.99 Å². The van der Waals surface area contributed by atoms with E-state index in [1.54, 1.807) is 23.6 Å². The molecule has 0 spiro atoms. The molecule has 1 heterocycles. The second-order valence-corrected chi connectivity index (χ2v) is 14.3. The fourth-order valence-electron chi connectivity index (χ4n) is 8.29. The molecule has 1 aromatic carbocycles. The first-order chi connectivity index (χ1) is 17.6. The highest BCUT2D eigenvalue weighted by Crippen LogP contribution is 2.61. The number of hydrogen-bond acceptors (Lipinski definition) is 6. The van der Waals surface area contributed by atoms with Crippen LogP contribution in [0.15, 0.2) is 17.1 Å². The summed E-state index contributed by atoms with van der Waals surface area (Å²) in [5, 5.41) is 33.4. The van der Waals surface area contributed by atoms with Crippen LogP contribution in [0.3, 0.4) is 0 Å². The number of aromatic hydroxyl groups is 1. The van der Waals surface area contributed by atoms with Gasteiger partial charge in [0.05, 0.1) is 10.5 Å². The van der Waals surface area contributed by atoms with Crippen molar-refractivity contribution in [3.8, 4) is 11.8 Å². The summed E-state index contributed by atoms with van der Waals surface area (Å²) in [4.78, 5) is 17.4. The Hall–Kier alpha value is -2.72. The number of aliphatic imine (C=N–C) groups is 1. The number of phenolic OH excluding ortho intramolecular Hbond substituents is 1. The lowest BCUT2D eigenvalue weighted by atomic mass is 9.48. The molecule has 1 atom stereocenters. The van der Waals surface area contributed by atoms with Crippen LogP contribution in [-0.2, 0) is 18.3 Å². The summed E-state index contributed by atoms with van der Waals surface area (Å²) in [7, 11) is 0. The number of nitriles is 1. The highest BCUT2D eigenvalue weighted by Gasteiger charge is 2.52. The van der Waals surface area contributed by atoms with Crippen molar-refractivity contribution in [1.29, 1.82) is 5.26 Å². The molecule has 4 saturated carbocycles. The smallest absolute Gasteiger partial charge is 0.311 e. The fourth-order valence-corrected chi connectivity index (χ4v) is 9.52. The lowest BCUT2D eigenvalue weighted by Crippen LogP contribution is -2.48. The summed E-state index contributed by atoms with van der Waals surface area (Å²) in [6.07, 6.45) is 11.6. The zero-order valence-electron chi connectivity index (χ0n) is 21.9. The first-order valence-corrected chi connectivity index (χ1v) is 14.5. The normalized spacial score (nSPS) is 30.4. The third-order valence-electron chi connectivity index (χ3n) is 9.87. The molecule has 0 aliphatic heterocycles. The maximum atomic E-state index is 11.9. The van der Waals surface area contributed by atoms with Crippen molar-refractivity contribution < 1.29 is 10.0 Å². The Morgan fingerprint density at radius 2 is 1.84 bits per heavy atom. The predicted octanol–water partition coefficient (Wildman–Crippen LogP) is 7.60. The van der Waals surface area contributed by atoms with Gasteiger partial charge >= 0.3 is 5.69 Å². The minimum absolute atomic E-state index is 0.0302. The number of benzene rings is 1. The molecule has 1 N–H and O–H groups in total. The molecule has 6 nitrogen and oxygen atoms in total. The van der Waals surface area contributed by atoms with Crippen molar-refractivity contribution in [2.24, 2.45) is 34.1 Å². The number of thiophene rings is 1. The Kier molecular flexibility index (Phi) is 5.76. The van der Waals surface area contributed by atoms with Crippen LogP contribution in [0.25, 0.3) is 0 Å². The maximum Gasteiger partial charge on any atom is 0.311 e. The van der Waals surface area contributed by atoms with Gasteiger partial charge in [0.1, 0.15) is 11.1 Å². The van der Waals surface area contributed by atoms with Crippen LogP contribution >= 0.6 is 11.3 Å². The molecule has 5 aliphatic rings. The highest BCUT2D eigenvalue weighted by atomic mass is 32.1. The Morgan fingerprint density at radius 1 is 1.19 bits per heavy atom. The fraction of sp³-hybridized carbons (Fsp3) is 0.600. The average molecular weight is 518 g/mol. The molecule has 7 heteroatoms. The van der Waals surface area contributed by atoms with Gasteiger partial charge in [-0.2, -0.15) is 5.26 Å². The molecule has 0 saturated heterocycles. The van der Waals surface area contributed by atoms with E-state index in [4.69, 9.17) is 0 Å². The van der Waals surface area contributed by atoms with Crippen LogP contribution in [0.1, 0.15) is 92.8 Å². The van der Waals surface area contributed by atoms with Gasteiger partial charge in [0.15, 0.2) is 0 Å². The molecule has 7 rings (SSSR count). The third kappa shape index (κ3) is 4.18. The van der Waals surface area contributed by atoms with Crippen LogP contribution in [0.5, 0.6) is 5.75 Å². The molecule has 4 fully saturated rings. The van der Waals surface area contributed by atoms with E-state index in [9.17, 15) is 20.5 Å². The first kappa shape index (κ1) is 24.6. The van der Waals surface area contributed by atoms with Gasteiger partial charge in [0.2, 0.25) is 5.75 Å². The van der Waals surface area contributed by atoms with Crippen molar-refractivity contribution in [3.05, 3.63) is 49.4 Å². The summed E-state index contributed by atoms with van der Waals surface area (Å²) in [5.41, 5.74) is 3.03. The van der Waals surface area contributed by atoms with E-state index in [1.807, 2.05) is 6.07 Å². The second kappa shape index (κ2) is 8.66. The Balaban J connectivity index is 1.37. The van der Waals surface area contributed by atoms with Gasteiger partial charge in [-0.15, -0.1) is 11.3 Å². The zero-order valence-corrected chi connectivity index (χ0v) is 22.7. The minimum atomic E-state index is -0.478. The lowest BCUT2D eigenvalue weighted by molar-refractivity contribution is -0.386. The van der Waals surface area contributed by atoms with E-state index in [2.05, 4.69) is 31.8 Å². The molecular weight excluding hydrogens is 482 g/mol. The van der Waals surface area contributed by atoms with E-state index < -0.39 is 4.92 Å². The Labute approximate surface area is 222 Å². The van der Waals surface area contributed by atoms with Gasteiger partial charge in [-0.05, 0) is 109 Å². The van der Waals surface area contributed by atoms with Crippen LogP contribution in [0.2, 0.25) is 0 Å². The lowest BCUT2D eigenvalue weighted by Gasteiger charge is -2.57. The molecular formula is C30H35N3O3S. The highest BCUT2D eigenvalue weighted by molar-refractivity contribution is 7.16. The van der Waals surface area contributed by atoms with Crippen molar-refractivity contribution >= 4 is 28.2 Å². The molecule has 37 heavy (non-hydrogen) atoms. The zero-order chi connectivity index (χ0) is 26.1. The van der Waals surface area contributed by atoms with Gasteiger partial charge in [0.25, 0.3) is 0 Å². The molecule has 0 radical (unpaired) electrons. The summed E-state index contributed by atoms with van der Waals surface area (Å²) < 4.78 is 0. The van der Waals surface area contributed by atoms with E-state index in [0.717, 1.165) is 49.7 Å². The van der Waals surface area contributed by atoms with Crippen LogP contribution in [0, 0.1) is 50.5 Å². The van der Waals surface area contributed by atoms with Gasteiger partial charge in [-0.3, -0.25) is 10.1 Å². The topological polar surface area (TPSA) is 99.5 Å². The standard InChI is InChI=1S/C30H35N3O3S/c1-29(2,3)21-4-5-23-24(15-31)28(37-26(23)11-21)32-16-20-9-22(10-25(27(20)34)33(35)36)30-12-17-6-18(13-30)8-19(7-17)14-30/h9-10,16-19,21,34H,4-8,11-14H2,1-3H3/t17?,18?,19?,21-,30?/m0/s1. The summed E-state index contributed by atoms with van der Waals surface area (Å²) in [6.45, 7) is 6.81. The number of nitro benzene ring substituents is 1. The number of nitro groups is 1. The number of phenols is 1. The molecule has 194 valence electrons. The summed E-state index contributed by atoms with van der Waals surface area (Å²) in [5.74, 6) is 2.36. The van der Waals surface area contributed by atoms with Crippen LogP contribution in [-0.4, -0.2) is 16.2 Å². The largest absolute Gasteiger partial charge is 0.502 e. The van der Waals surface area contributed by atoms with Crippen molar-refractivity contribution in [1.82, 2.24) is 0 Å². The minimum Gasteiger partial charge on any atom is -0.502 e. The van der Waals surface area contributed by atoms with E-state index >= 15 is 0 Å². The summed E-state index contributed by atoms with van der Waals surface area (Å²) in [6, 6.07) is 5.92. The number of fused-ring (bicyclic) bond motifs is 1. The van der Waals surface area contributed by atoms with Crippen molar-refractivity contribution in [3.63, 3.8) is 0 Å². The van der Waals surface area contributed by atoms with Crippen LogP contribution < -0.4 is 0 Å². The number of rotatable bonds is 4. The van der Waals surface area contributed by atoms with Gasteiger partial charge < -0.3 is 5.11 Å². The summed E-state index contributed by atoms with van der Waals surface area (Å²) >= 11 is 1.56. The van der Waals surface area contributed by atoms with Crippen molar-refractivity contribution in [2.45, 2.75) is 84.0 Å². The maximum absolute atomic E-state index is 11.9. The Bertz CT molecular complexity index is 1310. The first-order valence-electron chi connectivity index (χ1n) is 13.7. The number of hydrogen-bond donors (Lipinski definition) is 1. The molecule has 1 aromatic heterocycles. The van der Waals surface area contributed by atoms with E-state index in [-0.39, 0.29) is 22.3 Å². The molecule has 0 amide bonds. The van der Waals surface area contributed by atoms with E-state index in [0.29, 0.717) is 39.8 Å². The van der Waals surface area contributed by atoms with Gasteiger partial charge in [0, 0.05) is 22.7 Å². The molecule has 5 aliphatic carbocycles. The molecule has 4 bridgehead atoms. The van der Waals surface area contributed by atoms with Gasteiger partial charge in [-0.1, -0.05) is 20.8 Å². The second-order valence-electron chi connectivity index (χ2n) is 13.2. The average Bonchev–Trinajstić information content (AvgIpc) is 3.18. The number of nitrogens with zero attached hydrogens (tertiary/aromatic N) is 3. The molecule has 2 aromatic rings. The monoisotopic (exact) mass is 517 g/mol. The quantitative estimate of drug-likeness (QED) is 0.256. The van der Waals surface area contributed by atoms with Crippen LogP contribution in [0.4, 0.5) is 10.7 Å². The predicted molar refractivity (Wildman–Crippen MR) is 146 cm³/mol. The SMILES string of the molecule is CC(C)(C)[C@H]1CCc2c(sc(N=Cc3cc(C45CC6CC(CC(C6)C4)C5)cc([N+](=O)[O-])c3O)c2C#N)C1. The van der Waals surface area contributed by atoms with E-state index in [1.165, 1.54) is 24.1 Å². The molecule has 0 unspecified atom stereocenters. The van der Waals surface area contributed by atoms with Crippen molar-refractivity contribution in [2.75, 3.05) is 0 Å². The Morgan fingerprint density at radius 3 is 2.41 bits per heavy atom. The third-order valence-corrected chi connectivity index (χ3v) is 11.0.